The van der Waals surface area contributed by atoms with Gasteiger partial charge in [0.05, 0.1) is 6.54 Å². The van der Waals surface area contributed by atoms with Crippen molar-refractivity contribution in [3.63, 3.8) is 0 Å². The standard InChI is InChI=1S/C12H15N3OS/c1-14-6-7-15(8-11(14)16)10-4-2-9(3-5-10)12(13)17/h2-5H,6-8H2,1H3,(H2,13,17). The van der Waals surface area contributed by atoms with Gasteiger partial charge < -0.3 is 15.5 Å². The Labute approximate surface area is 106 Å². The molecule has 0 spiro atoms. The van der Waals surface area contributed by atoms with Crippen molar-refractivity contribution in [2.24, 2.45) is 5.73 Å². The molecular weight excluding hydrogens is 234 g/mol. The van der Waals surface area contributed by atoms with Crippen molar-refractivity contribution in [3.05, 3.63) is 29.8 Å². The Morgan fingerprint density at radius 2 is 1.94 bits per heavy atom. The van der Waals surface area contributed by atoms with Crippen molar-refractivity contribution in [3.8, 4) is 0 Å². The molecular formula is C12H15N3OS. The number of likely N-dealkylation sites (N-methyl/N-ethyl adjacent to an activating group) is 1. The zero-order chi connectivity index (χ0) is 12.4. The van der Waals surface area contributed by atoms with Gasteiger partial charge in [0.2, 0.25) is 5.91 Å². The minimum absolute atomic E-state index is 0.148. The summed E-state index contributed by atoms with van der Waals surface area (Å²) in [4.78, 5) is 15.8. The molecule has 0 unspecified atom stereocenters. The van der Waals surface area contributed by atoms with Crippen molar-refractivity contribution < 1.29 is 4.79 Å². The van der Waals surface area contributed by atoms with E-state index in [4.69, 9.17) is 18.0 Å². The van der Waals surface area contributed by atoms with Crippen molar-refractivity contribution in [2.45, 2.75) is 0 Å². The highest BCUT2D eigenvalue weighted by atomic mass is 32.1. The van der Waals surface area contributed by atoms with Gasteiger partial charge >= 0.3 is 0 Å². The summed E-state index contributed by atoms with van der Waals surface area (Å²) >= 11 is 4.90. The number of nitrogens with two attached hydrogens (primary N) is 1. The van der Waals surface area contributed by atoms with Crippen LogP contribution in [0.15, 0.2) is 24.3 Å². The predicted molar refractivity (Wildman–Crippen MR) is 72.2 cm³/mol. The lowest BCUT2D eigenvalue weighted by molar-refractivity contribution is -0.129. The van der Waals surface area contributed by atoms with Gasteiger partial charge in [0, 0.05) is 31.4 Å². The Hall–Kier alpha value is -1.62. The van der Waals surface area contributed by atoms with E-state index in [2.05, 4.69) is 4.90 Å². The minimum Gasteiger partial charge on any atom is -0.389 e. The number of hydrogen-bond acceptors (Lipinski definition) is 3. The fourth-order valence-corrected chi connectivity index (χ4v) is 1.95. The lowest BCUT2D eigenvalue weighted by Crippen LogP contribution is -2.48. The van der Waals surface area contributed by atoms with Crippen LogP contribution in [-0.2, 0) is 4.79 Å². The smallest absolute Gasteiger partial charge is 0.241 e. The van der Waals surface area contributed by atoms with E-state index in [1.54, 1.807) is 4.90 Å². The Bertz CT molecular complexity index is 444. The maximum atomic E-state index is 11.6. The highest BCUT2D eigenvalue weighted by Gasteiger charge is 2.20. The van der Waals surface area contributed by atoms with Gasteiger partial charge in [-0.15, -0.1) is 0 Å². The fraction of sp³-hybridized carbons (Fsp3) is 0.333. The maximum Gasteiger partial charge on any atom is 0.241 e. The first-order valence-corrected chi connectivity index (χ1v) is 5.87. The predicted octanol–water partition coefficient (Wildman–Crippen LogP) is 0.599. The largest absolute Gasteiger partial charge is 0.389 e. The molecule has 1 heterocycles. The van der Waals surface area contributed by atoms with E-state index in [-0.39, 0.29) is 5.91 Å². The number of benzene rings is 1. The summed E-state index contributed by atoms with van der Waals surface area (Å²) in [6.07, 6.45) is 0. The summed E-state index contributed by atoms with van der Waals surface area (Å²) in [5, 5.41) is 0. The van der Waals surface area contributed by atoms with E-state index in [1.807, 2.05) is 31.3 Å². The molecule has 0 bridgehead atoms. The van der Waals surface area contributed by atoms with Crippen LogP contribution in [0.25, 0.3) is 0 Å². The van der Waals surface area contributed by atoms with Crippen molar-refractivity contribution >= 4 is 28.8 Å². The van der Waals surface area contributed by atoms with E-state index in [1.165, 1.54) is 0 Å². The van der Waals surface area contributed by atoms with Crippen LogP contribution in [0.4, 0.5) is 5.69 Å². The fourth-order valence-electron chi connectivity index (χ4n) is 1.82. The molecule has 0 aliphatic carbocycles. The second-order valence-corrected chi connectivity index (χ2v) is 4.59. The third kappa shape index (κ3) is 2.55. The van der Waals surface area contributed by atoms with E-state index < -0.39 is 0 Å². The van der Waals surface area contributed by atoms with Crippen LogP contribution in [0, 0.1) is 0 Å². The summed E-state index contributed by atoms with van der Waals surface area (Å²) in [5.41, 5.74) is 7.42. The summed E-state index contributed by atoms with van der Waals surface area (Å²) in [6, 6.07) is 7.68. The Morgan fingerprint density at radius 3 is 2.47 bits per heavy atom. The SMILES string of the molecule is CN1CCN(c2ccc(C(N)=S)cc2)CC1=O. The zero-order valence-corrected chi connectivity index (χ0v) is 10.5. The molecule has 1 aromatic rings. The molecule has 0 saturated carbocycles. The first-order chi connectivity index (χ1) is 8.08. The van der Waals surface area contributed by atoms with Gasteiger partial charge in [-0.05, 0) is 24.3 Å². The highest BCUT2D eigenvalue weighted by Crippen LogP contribution is 2.17. The molecule has 90 valence electrons. The molecule has 1 aromatic carbocycles. The van der Waals surface area contributed by atoms with E-state index >= 15 is 0 Å². The maximum absolute atomic E-state index is 11.6. The average Bonchev–Trinajstić information content (AvgIpc) is 2.33. The number of hydrogen-bond donors (Lipinski definition) is 1. The Kier molecular flexibility index (Phi) is 3.28. The normalized spacial score (nSPS) is 16.2. The number of anilines is 1. The van der Waals surface area contributed by atoms with Gasteiger partial charge in [-0.2, -0.15) is 0 Å². The van der Waals surface area contributed by atoms with Crippen LogP contribution in [0.3, 0.4) is 0 Å². The zero-order valence-electron chi connectivity index (χ0n) is 9.72. The summed E-state index contributed by atoms with van der Waals surface area (Å²) in [6.45, 7) is 2.05. The number of thiocarbonyl (C=S) groups is 1. The molecule has 2 rings (SSSR count). The third-order valence-corrected chi connectivity index (χ3v) is 3.21. The average molecular weight is 249 g/mol. The van der Waals surface area contributed by atoms with E-state index in [0.29, 0.717) is 11.5 Å². The molecule has 1 saturated heterocycles. The molecule has 1 aliphatic heterocycles. The first kappa shape index (κ1) is 11.9. The van der Waals surface area contributed by atoms with Gasteiger partial charge in [0.1, 0.15) is 4.99 Å². The molecule has 17 heavy (non-hydrogen) atoms. The van der Waals surface area contributed by atoms with Crippen molar-refractivity contribution in [2.75, 3.05) is 31.6 Å². The summed E-state index contributed by atoms with van der Waals surface area (Å²) < 4.78 is 0. The number of piperazine rings is 1. The van der Waals surface area contributed by atoms with Gasteiger partial charge in [0.25, 0.3) is 0 Å². The molecule has 0 atom stereocenters. The summed E-state index contributed by atoms with van der Waals surface area (Å²) in [7, 11) is 1.83. The second kappa shape index (κ2) is 4.71. The molecule has 2 N–H and O–H groups in total. The second-order valence-electron chi connectivity index (χ2n) is 4.15. The minimum atomic E-state index is 0.148. The lowest BCUT2D eigenvalue weighted by Gasteiger charge is -2.33. The Balaban J connectivity index is 2.13. The van der Waals surface area contributed by atoms with Gasteiger partial charge in [-0.1, -0.05) is 12.2 Å². The van der Waals surface area contributed by atoms with Crippen molar-refractivity contribution in [1.29, 1.82) is 0 Å². The number of carbonyl (C=O) groups is 1. The van der Waals surface area contributed by atoms with Gasteiger partial charge in [0.15, 0.2) is 0 Å². The van der Waals surface area contributed by atoms with Crippen LogP contribution < -0.4 is 10.6 Å². The molecule has 4 nitrogen and oxygen atoms in total. The monoisotopic (exact) mass is 249 g/mol. The molecule has 0 aromatic heterocycles. The summed E-state index contributed by atoms with van der Waals surface area (Å²) in [5.74, 6) is 0.148. The van der Waals surface area contributed by atoms with Crippen LogP contribution in [0.1, 0.15) is 5.56 Å². The van der Waals surface area contributed by atoms with Crippen LogP contribution in [-0.4, -0.2) is 42.5 Å². The third-order valence-electron chi connectivity index (χ3n) is 2.97. The van der Waals surface area contributed by atoms with Crippen LogP contribution in [0.5, 0.6) is 0 Å². The van der Waals surface area contributed by atoms with E-state index in [0.717, 1.165) is 24.3 Å². The number of carbonyl (C=O) groups excluding carboxylic acids is 1. The quantitative estimate of drug-likeness (QED) is 0.780. The van der Waals surface area contributed by atoms with Crippen molar-refractivity contribution in [1.82, 2.24) is 4.90 Å². The molecule has 1 fully saturated rings. The lowest BCUT2D eigenvalue weighted by atomic mass is 10.2. The number of amides is 1. The van der Waals surface area contributed by atoms with E-state index in [9.17, 15) is 4.79 Å². The Morgan fingerprint density at radius 1 is 1.29 bits per heavy atom. The van der Waals surface area contributed by atoms with Crippen LogP contribution in [0.2, 0.25) is 0 Å². The molecule has 1 aliphatic rings. The molecule has 0 radical (unpaired) electrons. The van der Waals surface area contributed by atoms with Gasteiger partial charge in [-0.3, -0.25) is 4.79 Å². The van der Waals surface area contributed by atoms with Crippen LogP contribution >= 0.6 is 12.2 Å². The highest BCUT2D eigenvalue weighted by molar-refractivity contribution is 7.80. The topological polar surface area (TPSA) is 49.6 Å². The van der Waals surface area contributed by atoms with Gasteiger partial charge in [-0.25, -0.2) is 0 Å². The first-order valence-electron chi connectivity index (χ1n) is 5.46. The number of rotatable bonds is 2. The molecule has 5 heteroatoms. The molecule has 1 amide bonds. The number of nitrogens with zero attached hydrogens (tertiary/aromatic N) is 2.